The summed E-state index contributed by atoms with van der Waals surface area (Å²) < 4.78 is 53.2. The molecule has 0 bridgehead atoms. The minimum atomic E-state index is -3.57. The van der Waals surface area contributed by atoms with Crippen molar-refractivity contribution in [2.75, 3.05) is 0 Å². The lowest BCUT2D eigenvalue weighted by Gasteiger charge is -2.44. The molecule has 0 amide bonds. The maximum atomic E-state index is 13.3. The first-order valence-corrected chi connectivity index (χ1v) is 13.3. The van der Waals surface area contributed by atoms with Crippen LogP contribution in [0.3, 0.4) is 0 Å². The SMILES string of the molecule is O=S(=O)(C1=CC23C=C(S(=O)(=O)c4ccccc4)CC2(CCCC3)C1)c1ccccc1. The molecule has 0 radical (unpaired) electrons. The van der Waals surface area contributed by atoms with Crippen molar-refractivity contribution in [2.24, 2.45) is 10.8 Å². The molecule has 1 fully saturated rings. The molecule has 0 atom stereocenters. The Kier molecular flexibility index (Phi) is 4.39. The summed E-state index contributed by atoms with van der Waals surface area (Å²) in [6, 6.07) is 17.1. The molecule has 0 heterocycles. The van der Waals surface area contributed by atoms with Crippen molar-refractivity contribution in [3.05, 3.63) is 82.6 Å². The number of allylic oxidation sites excluding steroid dienone is 4. The molecular formula is C24H24O4S2. The summed E-state index contributed by atoms with van der Waals surface area (Å²) in [5.74, 6) is 0. The minimum absolute atomic E-state index is 0.307. The van der Waals surface area contributed by atoms with Gasteiger partial charge < -0.3 is 0 Å². The molecule has 0 aliphatic heterocycles. The highest BCUT2D eigenvalue weighted by Gasteiger charge is 2.60. The van der Waals surface area contributed by atoms with Crippen molar-refractivity contribution in [3.8, 4) is 0 Å². The van der Waals surface area contributed by atoms with E-state index in [1.165, 1.54) is 0 Å². The van der Waals surface area contributed by atoms with Gasteiger partial charge in [0.25, 0.3) is 0 Å². The third kappa shape index (κ3) is 2.77. The Morgan fingerprint density at radius 2 is 1.03 bits per heavy atom. The maximum absolute atomic E-state index is 13.3. The van der Waals surface area contributed by atoms with E-state index < -0.39 is 25.1 Å². The van der Waals surface area contributed by atoms with Gasteiger partial charge >= 0.3 is 0 Å². The summed E-state index contributed by atoms with van der Waals surface area (Å²) in [6.45, 7) is 0. The molecule has 4 nitrogen and oxygen atoms in total. The van der Waals surface area contributed by atoms with Gasteiger partial charge in [-0.3, -0.25) is 0 Å². The fourth-order valence-electron chi connectivity index (χ4n) is 5.63. The summed E-state index contributed by atoms with van der Waals surface area (Å²) in [4.78, 5) is 1.51. The third-order valence-electron chi connectivity index (χ3n) is 7.14. The van der Waals surface area contributed by atoms with Gasteiger partial charge in [-0.2, -0.15) is 0 Å². The first kappa shape index (κ1) is 19.8. The Balaban J connectivity index is 1.61. The van der Waals surface area contributed by atoms with Crippen LogP contribution in [0.15, 0.2) is 92.4 Å². The highest BCUT2D eigenvalue weighted by atomic mass is 32.2. The van der Waals surface area contributed by atoms with Crippen molar-refractivity contribution in [1.82, 2.24) is 0 Å². The van der Waals surface area contributed by atoms with Gasteiger partial charge in [-0.15, -0.1) is 0 Å². The Morgan fingerprint density at radius 3 is 1.47 bits per heavy atom. The van der Waals surface area contributed by atoms with Crippen LogP contribution in [-0.2, 0) is 19.7 Å². The first-order chi connectivity index (χ1) is 14.3. The lowest BCUT2D eigenvalue weighted by atomic mass is 9.59. The summed E-state index contributed by atoms with van der Waals surface area (Å²) in [5.41, 5.74) is -0.834. The molecule has 0 saturated heterocycles. The van der Waals surface area contributed by atoms with Crippen LogP contribution in [-0.4, -0.2) is 16.8 Å². The number of benzene rings is 2. The van der Waals surface area contributed by atoms with Crippen molar-refractivity contribution in [3.63, 3.8) is 0 Å². The van der Waals surface area contributed by atoms with E-state index >= 15 is 0 Å². The number of hydrogen-bond acceptors (Lipinski definition) is 4. The van der Waals surface area contributed by atoms with Crippen molar-refractivity contribution in [2.45, 2.75) is 48.3 Å². The monoisotopic (exact) mass is 440 g/mol. The van der Waals surface area contributed by atoms with Gasteiger partial charge in [0.1, 0.15) is 0 Å². The largest absolute Gasteiger partial charge is 0.219 e. The number of hydrogen-bond donors (Lipinski definition) is 0. The summed E-state index contributed by atoms with van der Waals surface area (Å²) in [6.07, 6.45) is 8.23. The summed E-state index contributed by atoms with van der Waals surface area (Å²) in [7, 11) is -7.14. The summed E-state index contributed by atoms with van der Waals surface area (Å²) >= 11 is 0. The van der Waals surface area contributed by atoms with E-state index in [9.17, 15) is 16.8 Å². The van der Waals surface area contributed by atoms with Crippen molar-refractivity contribution >= 4 is 19.7 Å². The van der Waals surface area contributed by atoms with Gasteiger partial charge in [0, 0.05) is 15.2 Å². The predicted molar refractivity (Wildman–Crippen MR) is 116 cm³/mol. The van der Waals surface area contributed by atoms with E-state index in [0.717, 1.165) is 25.7 Å². The molecule has 0 aromatic heterocycles. The zero-order valence-corrected chi connectivity index (χ0v) is 18.3. The molecule has 0 spiro atoms. The van der Waals surface area contributed by atoms with Crippen LogP contribution in [0.4, 0.5) is 0 Å². The third-order valence-corrected chi connectivity index (χ3v) is 10.8. The first-order valence-electron chi connectivity index (χ1n) is 10.3. The lowest BCUT2D eigenvalue weighted by Crippen LogP contribution is -2.36. The zero-order chi connectivity index (χ0) is 21.0. The fourth-order valence-corrected chi connectivity index (χ4v) is 8.93. The highest BCUT2D eigenvalue weighted by molar-refractivity contribution is 7.95. The van der Waals surface area contributed by atoms with Crippen LogP contribution < -0.4 is 0 Å². The molecule has 6 heteroatoms. The Hall–Kier alpha value is -2.18. The van der Waals surface area contributed by atoms with Gasteiger partial charge in [0.15, 0.2) is 0 Å². The molecule has 3 aliphatic rings. The minimum Gasteiger partial charge on any atom is -0.219 e. The van der Waals surface area contributed by atoms with Crippen LogP contribution in [0.5, 0.6) is 0 Å². The predicted octanol–water partition coefficient (Wildman–Crippen LogP) is 5.06. The lowest BCUT2D eigenvalue weighted by molar-refractivity contribution is 0.102. The smallest absolute Gasteiger partial charge is 0.202 e. The van der Waals surface area contributed by atoms with E-state index in [0.29, 0.717) is 32.4 Å². The second kappa shape index (κ2) is 6.66. The van der Waals surface area contributed by atoms with E-state index in [1.54, 1.807) is 60.7 Å². The molecule has 0 unspecified atom stereocenters. The molecule has 5 rings (SSSR count). The topological polar surface area (TPSA) is 68.3 Å². The standard InChI is InChI=1S/C24H24O4S2/c25-29(26,19-9-3-1-4-10-19)21-15-23-13-7-8-14-24(23,16-21)18-22(17-23)30(27,28)20-11-5-2-6-12-20/h1-6,9-12,15,17H,7-8,13-14,16,18H2. The Bertz CT molecular complexity index is 1170. The van der Waals surface area contributed by atoms with Crippen molar-refractivity contribution in [1.29, 1.82) is 0 Å². The van der Waals surface area contributed by atoms with Gasteiger partial charge in [-0.25, -0.2) is 16.8 Å². The molecule has 156 valence electrons. The van der Waals surface area contributed by atoms with E-state index in [4.69, 9.17) is 0 Å². The number of sulfone groups is 2. The Morgan fingerprint density at radius 1 is 0.600 bits per heavy atom. The van der Waals surface area contributed by atoms with Crippen LogP contribution >= 0.6 is 0 Å². The van der Waals surface area contributed by atoms with Crippen LogP contribution in [0, 0.1) is 10.8 Å². The van der Waals surface area contributed by atoms with Crippen LogP contribution in [0.1, 0.15) is 38.5 Å². The molecule has 2 aromatic carbocycles. The van der Waals surface area contributed by atoms with E-state index in [2.05, 4.69) is 0 Å². The molecule has 30 heavy (non-hydrogen) atoms. The quantitative estimate of drug-likeness (QED) is 0.667. The highest BCUT2D eigenvalue weighted by Crippen LogP contribution is 2.68. The van der Waals surface area contributed by atoms with Crippen molar-refractivity contribution < 1.29 is 16.8 Å². The second-order valence-electron chi connectivity index (χ2n) is 8.74. The van der Waals surface area contributed by atoms with E-state index in [1.807, 2.05) is 12.2 Å². The van der Waals surface area contributed by atoms with Gasteiger partial charge in [-0.05, 0) is 55.4 Å². The normalized spacial score (nSPS) is 28.4. The molecular weight excluding hydrogens is 416 g/mol. The molecule has 1 saturated carbocycles. The zero-order valence-electron chi connectivity index (χ0n) is 16.6. The van der Waals surface area contributed by atoms with Gasteiger partial charge in [0.05, 0.1) is 9.79 Å². The average molecular weight is 441 g/mol. The Labute approximate surface area is 178 Å². The van der Waals surface area contributed by atoms with E-state index in [-0.39, 0.29) is 5.41 Å². The average Bonchev–Trinajstić information content (AvgIpc) is 3.27. The van der Waals surface area contributed by atoms with Crippen LogP contribution in [0.25, 0.3) is 0 Å². The fraction of sp³-hybridized carbons (Fsp3) is 0.333. The molecule has 3 aliphatic carbocycles. The maximum Gasteiger partial charge on any atom is 0.202 e. The number of rotatable bonds is 4. The molecule has 0 N–H and O–H groups in total. The van der Waals surface area contributed by atoms with Gasteiger partial charge in [0.2, 0.25) is 19.7 Å². The molecule has 2 aromatic rings. The summed E-state index contributed by atoms with van der Waals surface area (Å²) in [5, 5.41) is 0. The van der Waals surface area contributed by atoms with Crippen LogP contribution in [0.2, 0.25) is 0 Å². The second-order valence-corrected chi connectivity index (χ2v) is 12.7. The van der Waals surface area contributed by atoms with Gasteiger partial charge in [-0.1, -0.05) is 61.4 Å².